The summed E-state index contributed by atoms with van der Waals surface area (Å²) in [5.41, 5.74) is -0.776. The van der Waals surface area contributed by atoms with Crippen molar-refractivity contribution in [3.8, 4) is 11.5 Å². The zero-order valence-electron chi connectivity index (χ0n) is 18.6. The highest BCUT2D eigenvalue weighted by atomic mass is 16.6. The number of carbonyl (C=O) groups is 4. The number of hydrogen-bond acceptors (Lipinski definition) is 7. The van der Waals surface area contributed by atoms with Gasteiger partial charge in [0, 0.05) is 5.56 Å². The van der Waals surface area contributed by atoms with Crippen LogP contribution in [-0.4, -0.2) is 60.5 Å². The minimum Gasteiger partial charge on any atom is -0.486 e. The summed E-state index contributed by atoms with van der Waals surface area (Å²) in [5.74, 6) is -0.373. The molecule has 3 amide bonds. The fourth-order valence-corrected chi connectivity index (χ4v) is 5.27. The smallest absolute Gasteiger partial charge is 0.326 e. The molecule has 2 fully saturated rings. The number of carbonyl (C=O) groups excluding carboxylic acids is 4. The molecule has 2 atom stereocenters. The normalized spacial score (nSPS) is 26.1. The number of ether oxygens (including phenoxy) is 3. The van der Waals surface area contributed by atoms with E-state index in [0.29, 0.717) is 43.1 Å². The van der Waals surface area contributed by atoms with Crippen molar-refractivity contribution in [2.24, 2.45) is 11.3 Å². The topological polar surface area (TPSA) is 111 Å². The highest BCUT2D eigenvalue weighted by Gasteiger charge is 2.56. The van der Waals surface area contributed by atoms with E-state index in [-0.39, 0.29) is 11.3 Å². The van der Waals surface area contributed by atoms with Gasteiger partial charge in [0.2, 0.25) is 0 Å². The number of rotatable bonds is 5. The molecule has 2 aliphatic heterocycles. The second-order valence-corrected chi connectivity index (χ2v) is 9.70. The number of urea groups is 1. The SMILES string of the molecule is C[C@@H]1CC(C)(C)C[C@@]2(C1)NC(=O)N(CC(=O)OCC(=O)c1ccc3c(c1)OCCO3)C2=O. The molecule has 1 saturated heterocycles. The third kappa shape index (κ3) is 4.28. The van der Waals surface area contributed by atoms with Crippen LogP contribution < -0.4 is 14.8 Å². The molecular weight excluding hydrogens is 416 g/mol. The molecule has 172 valence electrons. The standard InChI is InChI=1S/C23H28N2O7/c1-14-9-22(2,3)13-23(10-14)20(28)25(21(29)24-23)11-19(27)32-12-16(26)15-4-5-17-18(8-15)31-7-6-30-17/h4-5,8,14H,6-7,9-13H2,1-3H3,(H,24,29)/t14-,23-/m1/s1. The number of fused-ring (bicyclic) bond motifs is 1. The summed E-state index contributed by atoms with van der Waals surface area (Å²) < 4.78 is 15.9. The number of imide groups is 1. The average Bonchev–Trinajstić information content (AvgIpc) is 2.93. The Morgan fingerprint density at radius 3 is 2.59 bits per heavy atom. The van der Waals surface area contributed by atoms with Gasteiger partial charge < -0.3 is 19.5 Å². The summed E-state index contributed by atoms with van der Waals surface area (Å²) in [6.07, 6.45) is 2.01. The Labute approximate surface area is 186 Å². The van der Waals surface area contributed by atoms with Crippen LogP contribution in [0, 0.1) is 11.3 Å². The zero-order chi connectivity index (χ0) is 23.1. The zero-order valence-corrected chi connectivity index (χ0v) is 18.6. The van der Waals surface area contributed by atoms with Gasteiger partial charge in [0.1, 0.15) is 25.3 Å². The van der Waals surface area contributed by atoms with E-state index < -0.39 is 42.4 Å². The Morgan fingerprint density at radius 1 is 1.16 bits per heavy atom. The minimum atomic E-state index is -0.987. The van der Waals surface area contributed by atoms with Crippen molar-refractivity contribution in [2.75, 3.05) is 26.4 Å². The van der Waals surface area contributed by atoms with E-state index in [9.17, 15) is 19.2 Å². The maximum Gasteiger partial charge on any atom is 0.326 e. The fourth-order valence-electron chi connectivity index (χ4n) is 5.27. The molecule has 1 spiro atoms. The highest BCUT2D eigenvalue weighted by Crippen LogP contribution is 2.46. The number of Topliss-reactive ketones (excluding diaryl/α,β-unsaturated/α-hetero) is 1. The van der Waals surface area contributed by atoms with Gasteiger partial charge in [-0.1, -0.05) is 20.8 Å². The molecule has 1 aromatic carbocycles. The number of ketones is 1. The third-order valence-electron chi connectivity index (χ3n) is 6.14. The lowest BCUT2D eigenvalue weighted by Crippen LogP contribution is -2.54. The first kappa shape index (κ1) is 22.1. The number of nitrogens with one attached hydrogen (secondary N) is 1. The lowest BCUT2D eigenvalue weighted by Gasteiger charge is -2.43. The predicted octanol–water partition coefficient (Wildman–Crippen LogP) is 2.32. The molecule has 1 saturated carbocycles. The number of amides is 3. The summed E-state index contributed by atoms with van der Waals surface area (Å²) in [7, 11) is 0. The molecule has 9 heteroatoms. The first-order valence-corrected chi connectivity index (χ1v) is 10.8. The fraction of sp³-hybridized carbons (Fsp3) is 0.565. The third-order valence-corrected chi connectivity index (χ3v) is 6.14. The van der Waals surface area contributed by atoms with Crippen molar-refractivity contribution < 1.29 is 33.4 Å². The van der Waals surface area contributed by atoms with Gasteiger partial charge in [0.15, 0.2) is 23.9 Å². The van der Waals surface area contributed by atoms with Crippen molar-refractivity contribution in [1.82, 2.24) is 10.2 Å². The second kappa shape index (κ2) is 8.11. The Hall–Kier alpha value is -3.10. The van der Waals surface area contributed by atoms with Gasteiger partial charge >= 0.3 is 12.0 Å². The van der Waals surface area contributed by atoms with Gasteiger partial charge in [-0.3, -0.25) is 19.3 Å². The van der Waals surface area contributed by atoms with Crippen LogP contribution in [0.1, 0.15) is 50.4 Å². The molecule has 32 heavy (non-hydrogen) atoms. The summed E-state index contributed by atoms with van der Waals surface area (Å²) in [4.78, 5) is 51.2. The van der Waals surface area contributed by atoms with Crippen molar-refractivity contribution >= 4 is 23.7 Å². The molecule has 0 unspecified atom stereocenters. The van der Waals surface area contributed by atoms with Crippen LogP contribution in [0.5, 0.6) is 11.5 Å². The lowest BCUT2D eigenvalue weighted by molar-refractivity contribution is -0.147. The van der Waals surface area contributed by atoms with Gasteiger partial charge in [-0.2, -0.15) is 0 Å². The van der Waals surface area contributed by atoms with E-state index in [4.69, 9.17) is 14.2 Å². The molecular formula is C23H28N2O7. The molecule has 1 aromatic rings. The Morgan fingerprint density at radius 2 is 1.88 bits per heavy atom. The van der Waals surface area contributed by atoms with Crippen LogP contribution >= 0.6 is 0 Å². The van der Waals surface area contributed by atoms with Crippen LogP contribution in [-0.2, 0) is 14.3 Å². The number of esters is 1. The quantitative estimate of drug-likeness (QED) is 0.421. The molecule has 0 radical (unpaired) electrons. The van der Waals surface area contributed by atoms with Crippen LogP contribution in [0.4, 0.5) is 4.79 Å². The van der Waals surface area contributed by atoms with E-state index >= 15 is 0 Å². The number of hydrogen-bond donors (Lipinski definition) is 1. The maximum atomic E-state index is 13.1. The molecule has 1 N–H and O–H groups in total. The van der Waals surface area contributed by atoms with Gasteiger partial charge in [0.25, 0.3) is 5.91 Å². The molecule has 3 aliphatic rings. The first-order chi connectivity index (χ1) is 15.1. The Balaban J connectivity index is 1.35. The van der Waals surface area contributed by atoms with E-state index in [2.05, 4.69) is 26.1 Å². The molecule has 0 bridgehead atoms. The summed E-state index contributed by atoms with van der Waals surface area (Å²) in [5, 5.41) is 2.82. The molecule has 9 nitrogen and oxygen atoms in total. The van der Waals surface area contributed by atoms with E-state index in [1.54, 1.807) is 12.1 Å². The average molecular weight is 444 g/mol. The van der Waals surface area contributed by atoms with Gasteiger partial charge in [-0.25, -0.2) is 4.79 Å². The van der Waals surface area contributed by atoms with Gasteiger partial charge in [-0.05, 0) is 48.8 Å². The van der Waals surface area contributed by atoms with Crippen molar-refractivity contribution in [2.45, 2.75) is 45.6 Å². The van der Waals surface area contributed by atoms with Gasteiger partial charge in [-0.15, -0.1) is 0 Å². The van der Waals surface area contributed by atoms with E-state index in [0.717, 1.165) is 11.3 Å². The van der Waals surface area contributed by atoms with Crippen molar-refractivity contribution in [3.05, 3.63) is 23.8 Å². The number of nitrogens with zero attached hydrogens (tertiary/aromatic N) is 1. The molecule has 1 aliphatic carbocycles. The Bertz CT molecular complexity index is 973. The van der Waals surface area contributed by atoms with Gasteiger partial charge in [0.05, 0.1) is 0 Å². The first-order valence-electron chi connectivity index (χ1n) is 10.8. The van der Waals surface area contributed by atoms with E-state index in [1.807, 2.05) is 0 Å². The highest BCUT2D eigenvalue weighted by molar-refractivity contribution is 6.09. The van der Waals surface area contributed by atoms with Crippen molar-refractivity contribution in [3.63, 3.8) is 0 Å². The van der Waals surface area contributed by atoms with Crippen LogP contribution in [0.25, 0.3) is 0 Å². The minimum absolute atomic E-state index is 0.104. The van der Waals surface area contributed by atoms with Crippen LogP contribution in [0.15, 0.2) is 18.2 Å². The molecule has 2 heterocycles. The van der Waals surface area contributed by atoms with E-state index in [1.165, 1.54) is 6.07 Å². The largest absolute Gasteiger partial charge is 0.486 e. The molecule has 0 aromatic heterocycles. The monoisotopic (exact) mass is 444 g/mol. The predicted molar refractivity (Wildman–Crippen MR) is 112 cm³/mol. The number of benzene rings is 1. The summed E-state index contributed by atoms with van der Waals surface area (Å²) in [6.45, 7) is 6.01. The molecule has 4 rings (SSSR count). The van der Waals surface area contributed by atoms with Crippen molar-refractivity contribution in [1.29, 1.82) is 0 Å². The second-order valence-electron chi connectivity index (χ2n) is 9.70. The van der Waals surface area contributed by atoms with Crippen LogP contribution in [0.3, 0.4) is 0 Å². The van der Waals surface area contributed by atoms with Crippen LogP contribution in [0.2, 0.25) is 0 Å². The Kier molecular flexibility index (Phi) is 5.60. The lowest BCUT2D eigenvalue weighted by atomic mass is 9.64. The maximum absolute atomic E-state index is 13.1. The summed E-state index contributed by atoms with van der Waals surface area (Å²) >= 11 is 0. The summed E-state index contributed by atoms with van der Waals surface area (Å²) in [6, 6.07) is 4.13.